The van der Waals surface area contributed by atoms with Gasteiger partial charge in [0, 0.05) is 42.7 Å². The van der Waals surface area contributed by atoms with Crippen LogP contribution >= 0.6 is 0 Å². The third-order valence-corrected chi connectivity index (χ3v) is 3.39. The first-order chi connectivity index (χ1) is 9.86. The van der Waals surface area contributed by atoms with Crippen LogP contribution in [0.1, 0.15) is 16.7 Å². The lowest BCUT2D eigenvalue weighted by Gasteiger charge is -2.21. The van der Waals surface area contributed by atoms with Crippen LogP contribution in [0.25, 0.3) is 0 Å². The van der Waals surface area contributed by atoms with E-state index in [-0.39, 0.29) is 5.69 Å². The van der Waals surface area contributed by atoms with Crippen molar-refractivity contribution in [3.63, 3.8) is 0 Å². The molecule has 0 amide bonds. The van der Waals surface area contributed by atoms with Gasteiger partial charge >= 0.3 is 0 Å². The summed E-state index contributed by atoms with van der Waals surface area (Å²) in [6, 6.07) is 10.8. The average Bonchev–Trinajstić information content (AvgIpc) is 2.39. The van der Waals surface area contributed by atoms with E-state index in [1.807, 2.05) is 25.8 Å². The van der Waals surface area contributed by atoms with Crippen molar-refractivity contribution in [2.24, 2.45) is 0 Å². The lowest BCUT2D eigenvalue weighted by atomic mass is 10.1. The van der Waals surface area contributed by atoms with Crippen LogP contribution in [0.3, 0.4) is 0 Å². The number of hydrogen-bond acceptors (Lipinski definition) is 4. The lowest BCUT2D eigenvalue weighted by Crippen LogP contribution is -2.17. The van der Waals surface area contributed by atoms with Crippen molar-refractivity contribution in [3.05, 3.63) is 63.2 Å². The summed E-state index contributed by atoms with van der Waals surface area (Å²) in [4.78, 5) is 12.5. The first-order valence-corrected chi connectivity index (χ1v) is 6.69. The highest BCUT2D eigenvalue weighted by Crippen LogP contribution is 2.24. The Morgan fingerprint density at radius 3 is 2.33 bits per heavy atom. The molecule has 2 N–H and O–H groups in total. The van der Waals surface area contributed by atoms with Gasteiger partial charge < -0.3 is 10.6 Å². The van der Waals surface area contributed by atoms with Gasteiger partial charge in [0.1, 0.15) is 0 Å². The zero-order valence-corrected chi connectivity index (χ0v) is 12.5. The van der Waals surface area contributed by atoms with Gasteiger partial charge in [-0.05, 0) is 43.2 Å². The van der Waals surface area contributed by atoms with E-state index in [0.717, 1.165) is 11.3 Å². The zero-order valence-electron chi connectivity index (χ0n) is 12.5. The fourth-order valence-corrected chi connectivity index (χ4v) is 2.36. The van der Waals surface area contributed by atoms with E-state index in [1.165, 1.54) is 23.3 Å². The molecule has 0 saturated heterocycles. The fraction of sp³-hybridized carbons (Fsp3) is 0.250. The van der Waals surface area contributed by atoms with E-state index in [0.29, 0.717) is 12.2 Å². The molecule has 2 rings (SSSR count). The van der Waals surface area contributed by atoms with Crippen LogP contribution in [0.5, 0.6) is 0 Å². The second kappa shape index (κ2) is 5.83. The van der Waals surface area contributed by atoms with Crippen molar-refractivity contribution in [1.29, 1.82) is 0 Å². The molecule has 0 spiro atoms. The molecule has 2 aromatic rings. The number of nitro benzene ring substituents is 1. The summed E-state index contributed by atoms with van der Waals surface area (Å²) in [5.41, 5.74) is 10.7. The summed E-state index contributed by atoms with van der Waals surface area (Å²) < 4.78 is 0. The Kier molecular flexibility index (Phi) is 4.12. The molecule has 0 fully saturated rings. The number of aryl methyl sites for hydroxylation is 2. The Bertz CT molecular complexity index is 663. The number of nitrogens with zero attached hydrogens (tertiary/aromatic N) is 2. The van der Waals surface area contributed by atoms with Crippen LogP contribution in [0.4, 0.5) is 17.1 Å². The Morgan fingerprint density at radius 2 is 1.76 bits per heavy atom. The Hall–Kier alpha value is -2.56. The van der Waals surface area contributed by atoms with Gasteiger partial charge in [-0.15, -0.1) is 0 Å². The predicted octanol–water partition coefficient (Wildman–Crippen LogP) is 3.43. The number of nitrogens with two attached hydrogens (primary N) is 1. The normalized spacial score (nSPS) is 10.4. The Labute approximate surface area is 124 Å². The van der Waals surface area contributed by atoms with Crippen LogP contribution < -0.4 is 10.6 Å². The molecule has 0 aliphatic rings. The maximum Gasteiger partial charge on any atom is 0.269 e. The average molecular weight is 285 g/mol. The third kappa shape index (κ3) is 3.51. The van der Waals surface area contributed by atoms with Crippen molar-refractivity contribution < 1.29 is 4.92 Å². The van der Waals surface area contributed by atoms with Crippen LogP contribution in [-0.2, 0) is 6.54 Å². The van der Waals surface area contributed by atoms with Crippen LogP contribution in [0.2, 0.25) is 0 Å². The molecule has 0 atom stereocenters. The number of anilines is 2. The van der Waals surface area contributed by atoms with E-state index in [4.69, 9.17) is 5.73 Å². The number of benzene rings is 2. The monoisotopic (exact) mass is 285 g/mol. The zero-order chi connectivity index (χ0) is 15.6. The van der Waals surface area contributed by atoms with E-state index < -0.39 is 4.92 Å². The maximum absolute atomic E-state index is 10.9. The van der Waals surface area contributed by atoms with E-state index in [2.05, 4.69) is 18.2 Å². The van der Waals surface area contributed by atoms with Gasteiger partial charge in [0.25, 0.3) is 5.69 Å². The molecule has 0 unspecified atom stereocenters. The minimum Gasteiger partial charge on any atom is -0.398 e. The van der Waals surface area contributed by atoms with Gasteiger partial charge in [0.05, 0.1) is 4.92 Å². The molecule has 2 aromatic carbocycles. The van der Waals surface area contributed by atoms with Gasteiger partial charge in [-0.1, -0.05) is 6.07 Å². The van der Waals surface area contributed by atoms with Gasteiger partial charge in [-0.2, -0.15) is 0 Å². The van der Waals surface area contributed by atoms with Crippen LogP contribution in [0, 0.1) is 24.0 Å². The van der Waals surface area contributed by atoms with Crippen molar-refractivity contribution in [2.75, 3.05) is 17.7 Å². The topological polar surface area (TPSA) is 72.4 Å². The highest BCUT2D eigenvalue weighted by molar-refractivity contribution is 5.56. The molecular formula is C16H19N3O2. The molecule has 0 bridgehead atoms. The molecule has 0 aromatic heterocycles. The minimum absolute atomic E-state index is 0.0630. The molecule has 0 radical (unpaired) electrons. The first kappa shape index (κ1) is 14.8. The summed E-state index contributed by atoms with van der Waals surface area (Å²) >= 11 is 0. The first-order valence-electron chi connectivity index (χ1n) is 6.69. The summed E-state index contributed by atoms with van der Waals surface area (Å²) in [5.74, 6) is 0. The minimum atomic E-state index is -0.403. The predicted molar refractivity (Wildman–Crippen MR) is 85.5 cm³/mol. The molecular weight excluding hydrogens is 266 g/mol. The number of nitrogen functional groups attached to an aromatic ring is 1. The quantitative estimate of drug-likeness (QED) is 0.530. The van der Waals surface area contributed by atoms with Crippen LogP contribution in [-0.4, -0.2) is 12.0 Å². The van der Waals surface area contributed by atoms with Crippen molar-refractivity contribution in [3.8, 4) is 0 Å². The summed E-state index contributed by atoms with van der Waals surface area (Å²) in [6.45, 7) is 4.62. The van der Waals surface area contributed by atoms with E-state index >= 15 is 0 Å². The number of rotatable bonds is 4. The van der Waals surface area contributed by atoms with Gasteiger partial charge in [0.15, 0.2) is 0 Å². The standard InChI is InChI=1S/C16H19N3O2/c1-11-6-12(2)8-15(7-11)18(3)10-13-9-14(19(20)21)4-5-16(13)17/h4-9H,10,17H2,1-3H3. The van der Waals surface area contributed by atoms with E-state index in [1.54, 1.807) is 6.07 Å². The Balaban J connectivity index is 2.28. The highest BCUT2D eigenvalue weighted by Gasteiger charge is 2.11. The second-order valence-corrected chi connectivity index (χ2v) is 5.34. The van der Waals surface area contributed by atoms with Crippen LogP contribution in [0.15, 0.2) is 36.4 Å². The molecule has 0 heterocycles. The van der Waals surface area contributed by atoms with E-state index in [9.17, 15) is 10.1 Å². The fourth-order valence-electron chi connectivity index (χ4n) is 2.36. The molecule has 5 heteroatoms. The SMILES string of the molecule is Cc1cc(C)cc(N(C)Cc2cc([N+](=O)[O-])ccc2N)c1. The second-order valence-electron chi connectivity index (χ2n) is 5.34. The molecule has 0 aliphatic heterocycles. The summed E-state index contributed by atoms with van der Waals surface area (Å²) in [7, 11) is 1.95. The largest absolute Gasteiger partial charge is 0.398 e. The van der Waals surface area contributed by atoms with Crippen molar-refractivity contribution >= 4 is 17.1 Å². The van der Waals surface area contributed by atoms with Crippen molar-refractivity contribution in [1.82, 2.24) is 0 Å². The molecule has 110 valence electrons. The van der Waals surface area contributed by atoms with Gasteiger partial charge in [-0.3, -0.25) is 10.1 Å². The van der Waals surface area contributed by atoms with Gasteiger partial charge in [-0.25, -0.2) is 0 Å². The molecule has 5 nitrogen and oxygen atoms in total. The van der Waals surface area contributed by atoms with Crippen molar-refractivity contribution in [2.45, 2.75) is 20.4 Å². The smallest absolute Gasteiger partial charge is 0.269 e. The molecule has 0 aliphatic carbocycles. The number of nitro groups is 1. The Morgan fingerprint density at radius 1 is 1.14 bits per heavy atom. The summed E-state index contributed by atoms with van der Waals surface area (Å²) in [6.07, 6.45) is 0. The highest BCUT2D eigenvalue weighted by atomic mass is 16.6. The maximum atomic E-state index is 10.9. The lowest BCUT2D eigenvalue weighted by molar-refractivity contribution is -0.384. The number of non-ortho nitro benzene ring substituents is 1. The molecule has 0 saturated carbocycles. The number of hydrogen-bond donors (Lipinski definition) is 1. The third-order valence-electron chi connectivity index (χ3n) is 3.39. The summed E-state index contributed by atoms with van der Waals surface area (Å²) in [5, 5.41) is 10.9. The van der Waals surface area contributed by atoms with Gasteiger partial charge in [0.2, 0.25) is 0 Å². The molecule has 21 heavy (non-hydrogen) atoms.